The van der Waals surface area contributed by atoms with E-state index < -0.39 is 0 Å². The minimum atomic E-state index is 0.435. The van der Waals surface area contributed by atoms with Gasteiger partial charge in [-0.15, -0.1) is 0 Å². The Morgan fingerprint density at radius 3 is 2.19 bits per heavy atom. The minimum Gasteiger partial charge on any atom is -0.378 e. The second-order valence-corrected chi connectivity index (χ2v) is 6.73. The van der Waals surface area contributed by atoms with Crippen molar-refractivity contribution in [2.45, 2.75) is 33.1 Å². The molecule has 1 aromatic carbocycles. The molecular weight excluding hydrogens is 300 g/mol. The lowest BCUT2D eigenvalue weighted by Gasteiger charge is -2.27. The average molecular weight is 329 g/mol. The summed E-state index contributed by atoms with van der Waals surface area (Å²) in [6.07, 6.45) is 1.18. The lowest BCUT2D eigenvalue weighted by atomic mass is 9.96. The molecule has 120 valence electrons. The van der Waals surface area contributed by atoms with Gasteiger partial charge in [-0.3, -0.25) is 0 Å². The van der Waals surface area contributed by atoms with E-state index in [-0.39, 0.29) is 0 Å². The van der Waals surface area contributed by atoms with Crippen molar-refractivity contribution in [3.8, 4) is 0 Å². The second-order valence-electron chi connectivity index (χ2n) is 5.91. The van der Waals surface area contributed by atoms with E-state index >= 15 is 0 Å². The monoisotopic (exact) mass is 328 g/mol. The van der Waals surface area contributed by atoms with Crippen LogP contribution in [-0.2, 0) is 4.74 Å². The number of nitrogens with zero attached hydrogens (tertiary/aromatic N) is 2. The molecule has 0 radical (unpaired) electrons. The maximum atomic E-state index is 5.72. The van der Waals surface area contributed by atoms with Crippen molar-refractivity contribution in [1.29, 1.82) is 0 Å². The van der Waals surface area contributed by atoms with Crippen molar-refractivity contribution in [2.24, 2.45) is 0 Å². The van der Waals surface area contributed by atoms with E-state index in [4.69, 9.17) is 29.2 Å². The van der Waals surface area contributed by atoms with Crippen LogP contribution in [0.4, 0.5) is 5.69 Å². The predicted molar refractivity (Wildman–Crippen MR) is 96.4 cm³/mol. The van der Waals surface area contributed by atoms with Gasteiger partial charge in [-0.1, -0.05) is 45.2 Å². The normalized spacial score (nSPS) is 11.8. The summed E-state index contributed by atoms with van der Waals surface area (Å²) in [6.45, 7) is 11.0. The highest BCUT2D eigenvalue weighted by molar-refractivity contribution is 7.74. The Kier molecular flexibility index (Phi) is 7.95. The Bertz CT molecular complexity index is 506. The van der Waals surface area contributed by atoms with Crippen LogP contribution in [0, 0.1) is 9.02 Å². The first kappa shape index (κ1) is 18.7. The number of hydrogen-bond acceptors (Lipinski definition) is 5. The highest BCUT2D eigenvalue weighted by Gasteiger charge is 2.20. The third-order valence-corrected chi connectivity index (χ3v) is 4.62. The van der Waals surface area contributed by atoms with Gasteiger partial charge in [-0.25, -0.2) is 0 Å². The zero-order valence-electron chi connectivity index (χ0n) is 13.9. The highest BCUT2D eigenvalue weighted by Crippen LogP contribution is 2.35. The van der Waals surface area contributed by atoms with Crippen molar-refractivity contribution >= 4 is 30.1 Å². The van der Waals surface area contributed by atoms with Crippen LogP contribution in [0.1, 0.15) is 38.7 Å². The molecule has 21 heavy (non-hydrogen) atoms. The number of rotatable bonds is 10. The molecule has 0 atom stereocenters. The molecule has 0 aliphatic heterocycles. The molecule has 0 aliphatic rings. The summed E-state index contributed by atoms with van der Waals surface area (Å²) >= 11 is 10.7. The van der Waals surface area contributed by atoms with E-state index in [0.717, 1.165) is 47.6 Å². The zero-order chi connectivity index (χ0) is 16.0. The lowest BCUT2D eigenvalue weighted by molar-refractivity contribution is 0.117. The first-order valence-electron chi connectivity index (χ1n) is 7.70. The molecule has 0 aromatic heterocycles. The molecule has 1 aromatic rings. The van der Waals surface area contributed by atoms with Gasteiger partial charge in [0.05, 0.1) is 27.9 Å². The molecule has 0 bridgehead atoms. The largest absolute Gasteiger partial charge is 0.378 e. The fraction of sp³-hybridized carbons (Fsp3) is 0.750. The molecule has 3 nitrogen and oxygen atoms in total. The van der Waals surface area contributed by atoms with Crippen LogP contribution >= 0.6 is 24.4 Å². The molecule has 0 fully saturated rings. The molecule has 0 spiro atoms. The number of likely N-dealkylation sites (N-methyl/N-ethyl adjacent to an activating group) is 2. The van der Waals surface area contributed by atoms with Crippen molar-refractivity contribution in [2.75, 3.05) is 51.8 Å². The maximum absolute atomic E-state index is 5.72. The van der Waals surface area contributed by atoms with Crippen LogP contribution in [0.15, 0.2) is 0 Å². The summed E-state index contributed by atoms with van der Waals surface area (Å²) in [5.41, 5.74) is 2.39. The van der Waals surface area contributed by atoms with Crippen LogP contribution in [0.3, 0.4) is 0 Å². The van der Waals surface area contributed by atoms with E-state index in [1.165, 1.54) is 12.0 Å². The van der Waals surface area contributed by atoms with E-state index in [0.29, 0.717) is 5.92 Å². The Morgan fingerprint density at radius 1 is 1.00 bits per heavy atom. The van der Waals surface area contributed by atoms with Gasteiger partial charge in [0.1, 0.15) is 0 Å². The molecule has 0 aliphatic carbocycles. The molecule has 5 heteroatoms. The lowest BCUT2D eigenvalue weighted by Crippen LogP contribution is -2.28. The second kappa shape index (κ2) is 8.93. The molecule has 0 saturated heterocycles. The summed E-state index contributed by atoms with van der Waals surface area (Å²) in [5.74, 6) is 0.435. The third kappa shape index (κ3) is 5.09. The summed E-state index contributed by atoms with van der Waals surface area (Å²) in [7, 11) is 4.20. The topological polar surface area (TPSA) is 15.7 Å². The van der Waals surface area contributed by atoms with Gasteiger partial charge in [-0.05, 0) is 31.5 Å². The van der Waals surface area contributed by atoms with Crippen LogP contribution < -0.4 is 4.90 Å². The van der Waals surface area contributed by atoms with Crippen molar-refractivity contribution < 1.29 is 4.74 Å². The Labute approximate surface area is 139 Å². The fourth-order valence-electron chi connectivity index (χ4n) is 2.44. The molecule has 0 amide bonds. The zero-order valence-corrected chi connectivity index (χ0v) is 15.6. The first-order valence-corrected chi connectivity index (χ1v) is 8.52. The number of ether oxygens (including phenoxy) is 1. The van der Waals surface area contributed by atoms with Crippen LogP contribution in [-0.4, -0.2) is 51.8 Å². The summed E-state index contributed by atoms with van der Waals surface area (Å²) in [4.78, 5) is 4.48. The average Bonchev–Trinajstić information content (AvgIpc) is 2.42. The van der Waals surface area contributed by atoms with Crippen molar-refractivity contribution in [3.05, 3.63) is 14.6 Å². The molecule has 0 unspecified atom stereocenters. The van der Waals surface area contributed by atoms with Gasteiger partial charge in [0.15, 0.2) is 0 Å². The van der Waals surface area contributed by atoms with E-state index in [9.17, 15) is 0 Å². The molecular formula is C16H28N2OS2. The molecule has 0 heterocycles. The van der Waals surface area contributed by atoms with Gasteiger partial charge in [0.2, 0.25) is 0 Å². The van der Waals surface area contributed by atoms with Gasteiger partial charge in [0.25, 0.3) is 0 Å². The quantitative estimate of drug-likeness (QED) is 0.476. The molecule has 1 rings (SSSR count). The molecule has 0 N–H and O–H groups in total. The fourth-order valence-corrected chi connectivity index (χ4v) is 3.25. The van der Waals surface area contributed by atoms with Gasteiger partial charge in [-0.2, -0.15) is 0 Å². The maximum Gasteiger partial charge on any atom is 0.0798 e. The van der Waals surface area contributed by atoms with E-state index in [1.54, 1.807) is 0 Å². The van der Waals surface area contributed by atoms with Crippen molar-refractivity contribution in [1.82, 2.24) is 4.90 Å². The van der Waals surface area contributed by atoms with Crippen LogP contribution in [0.25, 0.3) is 0 Å². The predicted octanol–water partition coefficient (Wildman–Crippen LogP) is 3.94. The number of hydrogen-bond donors (Lipinski definition) is 0. The van der Waals surface area contributed by atoms with Gasteiger partial charge < -0.3 is 14.5 Å². The Hall–Kier alpha value is -0.360. The van der Waals surface area contributed by atoms with E-state index in [1.807, 2.05) is 0 Å². The van der Waals surface area contributed by atoms with Crippen molar-refractivity contribution in [3.63, 3.8) is 0 Å². The molecule has 0 saturated carbocycles. The first-order chi connectivity index (χ1) is 9.90. The minimum absolute atomic E-state index is 0.435. The van der Waals surface area contributed by atoms with Crippen LogP contribution in [0.5, 0.6) is 0 Å². The summed E-state index contributed by atoms with van der Waals surface area (Å²) < 4.78 is 7.44. The highest BCUT2D eigenvalue weighted by atomic mass is 32.1. The Morgan fingerprint density at radius 2 is 1.62 bits per heavy atom. The third-order valence-electron chi connectivity index (χ3n) is 3.67. The summed E-state index contributed by atoms with van der Waals surface area (Å²) in [5, 5.41) is 0. The number of anilines is 1. The van der Waals surface area contributed by atoms with Gasteiger partial charge in [0, 0.05) is 20.1 Å². The summed E-state index contributed by atoms with van der Waals surface area (Å²) in [6, 6.07) is 0. The Balaban J connectivity index is 2.35. The standard InChI is InChI=1S/C16H28N2OS2/c1-6-7-17(4)8-10-19-11-9-18(5)14-13(12(2)3)15(20)16(14)21/h12H,6-11H2,1-5H3. The smallest absolute Gasteiger partial charge is 0.0798 e. The van der Waals surface area contributed by atoms with E-state index in [2.05, 4.69) is 44.7 Å². The van der Waals surface area contributed by atoms with Crippen LogP contribution in [0.2, 0.25) is 0 Å². The van der Waals surface area contributed by atoms with Gasteiger partial charge >= 0.3 is 0 Å². The SMILES string of the molecule is CCCN(C)CCOCCN(C)c1c(C(C)C)c(=S)c1=S.